The van der Waals surface area contributed by atoms with Crippen LogP contribution in [0.2, 0.25) is 18.1 Å². The van der Waals surface area contributed by atoms with Crippen LogP contribution in [0, 0.1) is 5.82 Å². The van der Waals surface area contributed by atoms with Crippen LogP contribution in [0.25, 0.3) is 0 Å². The second-order valence-electron chi connectivity index (χ2n) is 12.4. The Kier molecular flexibility index (Phi) is 7.72. The minimum absolute atomic E-state index is 0.0349. The number of carbonyl (C=O) groups excluding carboxylic acids is 1. The molecule has 0 bridgehead atoms. The molecule has 2 amide bonds. The summed E-state index contributed by atoms with van der Waals surface area (Å²) in [7, 11) is -1.95. The Morgan fingerprint density at radius 2 is 1.77 bits per heavy atom. The zero-order valence-electron chi connectivity index (χ0n) is 24.4. The minimum Gasteiger partial charge on any atom is -0.414 e. The second kappa shape index (κ2) is 10.9. The standard InChI is InChI=1S/C31H40FN5O2Si/c1-7-21-8-14-25(15-9-21)36-20-22-19-33-29(34-24-12-10-23(32)11-13-24)35-28(22)37(30(36)38)26-16-17-27(18-26)39-40(5,6)31(2,3)4/h8-15,19,26-27H,7,16-18,20H2,1-6H3,(H,33,34,35). The fraction of sp³-hybridized carbons (Fsp3) is 0.452. The van der Waals surface area contributed by atoms with Crippen LogP contribution >= 0.6 is 0 Å². The minimum atomic E-state index is -1.95. The number of urea groups is 1. The molecule has 1 N–H and O–H groups in total. The van der Waals surface area contributed by atoms with Crippen molar-refractivity contribution in [2.45, 2.75) is 90.2 Å². The third-order valence-corrected chi connectivity index (χ3v) is 13.1. The van der Waals surface area contributed by atoms with Crippen LogP contribution in [0.4, 0.5) is 32.3 Å². The highest BCUT2D eigenvalue weighted by Crippen LogP contribution is 2.42. The number of aromatic nitrogens is 2. The van der Waals surface area contributed by atoms with E-state index < -0.39 is 8.32 Å². The second-order valence-corrected chi connectivity index (χ2v) is 17.2. The SMILES string of the molecule is CCc1ccc(N2Cc3cnc(Nc4ccc(F)cc4)nc3N(C3CCC(O[Si](C)(C)C(C)(C)C)C3)C2=O)cc1. The lowest BCUT2D eigenvalue weighted by molar-refractivity contribution is 0.186. The van der Waals surface area contributed by atoms with Crippen molar-refractivity contribution in [3.05, 3.63) is 71.7 Å². The Balaban J connectivity index is 1.46. The van der Waals surface area contributed by atoms with Crippen LogP contribution < -0.4 is 15.1 Å². The van der Waals surface area contributed by atoms with Crippen LogP contribution in [0.15, 0.2) is 54.7 Å². The summed E-state index contributed by atoms with van der Waals surface area (Å²) < 4.78 is 20.2. The lowest BCUT2D eigenvalue weighted by atomic mass is 10.1. The predicted molar refractivity (Wildman–Crippen MR) is 161 cm³/mol. The molecular weight excluding hydrogens is 521 g/mol. The number of hydrogen-bond acceptors (Lipinski definition) is 5. The van der Waals surface area contributed by atoms with E-state index in [1.54, 1.807) is 18.3 Å². The summed E-state index contributed by atoms with van der Waals surface area (Å²) in [4.78, 5) is 27.2. The smallest absolute Gasteiger partial charge is 0.330 e. The van der Waals surface area contributed by atoms with Gasteiger partial charge in [-0.15, -0.1) is 0 Å². The molecule has 40 heavy (non-hydrogen) atoms. The molecule has 212 valence electrons. The van der Waals surface area contributed by atoms with Crippen molar-refractivity contribution < 1.29 is 13.6 Å². The average Bonchev–Trinajstić information content (AvgIpc) is 3.36. The molecule has 1 aromatic heterocycles. The van der Waals surface area contributed by atoms with Gasteiger partial charge in [0.15, 0.2) is 8.32 Å². The van der Waals surface area contributed by atoms with Gasteiger partial charge in [-0.1, -0.05) is 39.8 Å². The van der Waals surface area contributed by atoms with E-state index in [4.69, 9.17) is 9.41 Å². The highest BCUT2D eigenvalue weighted by Gasteiger charge is 2.44. The van der Waals surface area contributed by atoms with E-state index in [0.29, 0.717) is 24.0 Å². The van der Waals surface area contributed by atoms with Gasteiger partial charge in [0.05, 0.1) is 6.54 Å². The van der Waals surface area contributed by atoms with Gasteiger partial charge in [-0.2, -0.15) is 4.98 Å². The lowest BCUT2D eigenvalue weighted by Crippen LogP contribution is -2.52. The number of anilines is 4. The third-order valence-electron chi connectivity index (χ3n) is 8.58. The van der Waals surface area contributed by atoms with E-state index >= 15 is 0 Å². The van der Waals surface area contributed by atoms with E-state index in [1.807, 2.05) is 21.9 Å². The molecule has 2 aliphatic rings. The Labute approximate surface area is 237 Å². The first-order valence-corrected chi connectivity index (χ1v) is 17.1. The molecule has 7 nitrogen and oxygen atoms in total. The van der Waals surface area contributed by atoms with E-state index in [0.717, 1.165) is 36.9 Å². The number of rotatable bonds is 7. The molecule has 2 atom stereocenters. The Morgan fingerprint density at radius 1 is 1.07 bits per heavy atom. The number of hydrogen-bond donors (Lipinski definition) is 1. The molecule has 5 rings (SSSR count). The number of halogens is 1. The average molecular weight is 562 g/mol. The van der Waals surface area contributed by atoms with E-state index in [2.05, 4.69) is 63.2 Å². The molecule has 0 saturated heterocycles. The Morgan fingerprint density at radius 3 is 2.42 bits per heavy atom. The van der Waals surface area contributed by atoms with Gasteiger partial charge >= 0.3 is 6.03 Å². The van der Waals surface area contributed by atoms with Crippen molar-refractivity contribution in [1.29, 1.82) is 0 Å². The van der Waals surface area contributed by atoms with Gasteiger partial charge in [-0.3, -0.25) is 9.80 Å². The van der Waals surface area contributed by atoms with E-state index in [9.17, 15) is 9.18 Å². The van der Waals surface area contributed by atoms with Crippen molar-refractivity contribution in [3.63, 3.8) is 0 Å². The molecule has 1 aliphatic carbocycles. The fourth-order valence-electron chi connectivity index (χ4n) is 5.19. The molecular formula is C31H40FN5O2Si. The van der Waals surface area contributed by atoms with Crippen LogP contribution in [0.3, 0.4) is 0 Å². The summed E-state index contributed by atoms with van der Waals surface area (Å²) >= 11 is 0. The number of carbonyl (C=O) groups is 1. The lowest BCUT2D eigenvalue weighted by Gasteiger charge is -2.40. The molecule has 3 aromatic rings. The van der Waals surface area contributed by atoms with Gasteiger partial charge < -0.3 is 9.74 Å². The fourth-order valence-corrected chi connectivity index (χ4v) is 6.59. The maximum absolute atomic E-state index is 14.2. The summed E-state index contributed by atoms with van der Waals surface area (Å²) in [5.74, 6) is 0.691. The van der Waals surface area contributed by atoms with Crippen molar-refractivity contribution in [2.24, 2.45) is 0 Å². The third kappa shape index (κ3) is 5.76. The zero-order valence-corrected chi connectivity index (χ0v) is 25.4. The van der Waals surface area contributed by atoms with Gasteiger partial charge in [0.2, 0.25) is 5.95 Å². The number of benzene rings is 2. The van der Waals surface area contributed by atoms with Crippen LogP contribution in [-0.4, -0.2) is 36.5 Å². The first kappa shape index (κ1) is 28.2. The highest BCUT2D eigenvalue weighted by atomic mass is 28.4. The number of fused-ring (bicyclic) bond motifs is 1. The first-order valence-electron chi connectivity index (χ1n) is 14.2. The summed E-state index contributed by atoms with van der Waals surface area (Å²) in [6.07, 6.45) is 5.37. The maximum Gasteiger partial charge on any atom is 0.330 e. The summed E-state index contributed by atoms with van der Waals surface area (Å²) in [5, 5.41) is 3.28. The normalized spacial score (nSPS) is 19.6. The van der Waals surface area contributed by atoms with Gasteiger partial charge in [0, 0.05) is 35.3 Å². The molecule has 2 heterocycles. The van der Waals surface area contributed by atoms with Crippen LogP contribution in [0.1, 0.15) is 58.1 Å². The number of aryl methyl sites for hydroxylation is 1. The van der Waals surface area contributed by atoms with Crippen molar-refractivity contribution in [3.8, 4) is 0 Å². The van der Waals surface area contributed by atoms with Gasteiger partial charge in [0.1, 0.15) is 11.6 Å². The zero-order chi connectivity index (χ0) is 28.7. The molecule has 2 unspecified atom stereocenters. The summed E-state index contributed by atoms with van der Waals surface area (Å²) in [6, 6.07) is 14.1. The summed E-state index contributed by atoms with van der Waals surface area (Å²) in [6.45, 7) is 13.8. The maximum atomic E-state index is 14.2. The quantitative estimate of drug-likeness (QED) is 0.298. The first-order chi connectivity index (χ1) is 18.9. The predicted octanol–water partition coefficient (Wildman–Crippen LogP) is 7.81. The molecule has 1 saturated carbocycles. The van der Waals surface area contributed by atoms with Gasteiger partial charge in [-0.05, 0) is 85.8 Å². The number of amides is 2. The Bertz CT molecular complexity index is 1360. The van der Waals surface area contributed by atoms with Crippen molar-refractivity contribution in [2.75, 3.05) is 15.1 Å². The topological polar surface area (TPSA) is 70.6 Å². The largest absolute Gasteiger partial charge is 0.414 e. The summed E-state index contributed by atoms with van der Waals surface area (Å²) in [5.41, 5.74) is 3.65. The Hall–Kier alpha value is -3.30. The van der Waals surface area contributed by atoms with Crippen LogP contribution in [-0.2, 0) is 17.4 Å². The van der Waals surface area contributed by atoms with Crippen molar-refractivity contribution in [1.82, 2.24) is 9.97 Å². The van der Waals surface area contributed by atoms with Crippen LogP contribution in [0.5, 0.6) is 0 Å². The molecule has 9 heteroatoms. The van der Waals surface area contributed by atoms with E-state index in [-0.39, 0.29) is 29.0 Å². The van der Waals surface area contributed by atoms with E-state index in [1.165, 1.54) is 17.7 Å². The monoisotopic (exact) mass is 561 g/mol. The van der Waals surface area contributed by atoms with Gasteiger partial charge in [-0.25, -0.2) is 14.2 Å². The van der Waals surface area contributed by atoms with Crippen molar-refractivity contribution >= 4 is 37.5 Å². The number of nitrogens with one attached hydrogen (secondary N) is 1. The molecule has 2 aromatic carbocycles. The van der Waals surface area contributed by atoms with Gasteiger partial charge in [0.25, 0.3) is 0 Å². The molecule has 0 radical (unpaired) electrons. The number of nitrogens with zero attached hydrogens (tertiary/aromatic N) is 4. The molecule has 1 fully saturated rings. The molecule has 1 aliphatic heterocycles. The molecule has 0 spiro atoms. The highest BCUT2D eigenvalue weighted by molar-refractivity contribution is 6.74.